The van der Waals surface area contributed by atoms with Gasteiger partial charge in [0, 0.05) is 37.0 Å². The van der Waals surface area contributed by atoms with Crippen LogP contribution in [0.2, 0.25) is 5.02 Å². The van der Waals surface area contributed by atoms with Crippen LogP contribution in [0.3, 0.4) is 0 Å². The molecule has 1 aliphatic rings. The van der Waals surface area contributed by atoms with Gasteiger partial charge >= 0.3 is 0 Å². The van der Waals surface area contributed by atoms with E-state index in [1.807, 2.05) is 12.1 Å². The van der Waals surface area contributed by atoms with Crippen LogP contribution in [0.4, 0.5) is 5.82 Å². The third-order valence-corrected chi connectivity index (χ3v) is 3.39. The first-order valence-corrected chi connectivity index (χ1v) is 6.01. The van der Waals surface area contributed by atoms with Crippen LogP contribution in [0.25, 0.3) is 0 Å². The molecule has 88 valence electrons. The molecule has 0 aliphatic carbocycles. The molecule has 0 unspecified atom stereocenters. The lowest BCUT2D eigenvalue weighted by Gasteiger charge is -2.27. The Hall–Kier alpha value is -1.55. The quantitative estimate of drug-likeness (QED) is 0.843. The molecule has 0 fully saturated rings. The number of pyridine rings is 1. The normalized spacial score (nSPS) is 14.8. The molecule has 4 nitrogen and oxygen atoms in total. The molecule has 0 aromatic carbocycles. The lowest BCUT2D eigenvalue weighted by Crippen LogP contribution is -2.30. The summed E-state index contributed by atoms with van der Waals surface area (Å²) < 4.78 is 0. The number of aryl methyl sites for hydroxylation is 1. The SMILES string of the molecule is Cc1[nH]nc2c1CN(c1ccc(Cl)cn1)CC2. The zero-order chi connectivity index (χ0) is 11.8. The number of hydrogen-bond acceptors (Lipinski definition) is 3. The number of aromatic nitrogens is 3. The number of H-pyrrole nitrogens is 1. The Kier molecular flexibility index (Phi) is 2.52. The maximum atomic E-state index is 5.84. The minimum absolute atomic E-state index is 0.672. The van der Waals surface area contributed by atoms with Gasteiger partial charge in [0.05, 0.1) is 10.7 Å². The van der Waals surface area contributed by atoms with Crippen molar-refractivity contribution < 1.29 is 0 Å². The fraction of sp³-hybridized carbons (Fsp3) is 0.333. The lowest BCUT2D eigenvalue weighted by atomic mass is 10.1. The van der Waals surface area contributed by atoms with Crippen molar-refractivity contribution in [3.8, 4) is 0 Å². The smallest absolute Gasteiger partial charge is 0.128 e. The molecule has 2 aromatic rings. The van der Waals surface area contributed by atoms with Gasteiger partial charge in [-0.3, -0.25) is 5.10 Å². The van der Waals surface area contributed by atoms with Gasteiger partial charge in [-0.1, -0.05) is 11.6 Å². The fourth-order valence-electron chi connectivity index (χ4n) is 2.18. The van der Waals surface area contributed by atoms with E-state index in [4.69, 9.17) is 11.6 Å². The van der Waals surface area contributed by atoms with Crippen LogP contribution in [0.1, 0.15) is 17.0 Å². The Morgan fingerprint density at radius 2 is 2.29 bits per heavy atom. The summed E-state index contributed by atoms with van der Waals surface area (Å²) >= 11 is 5.84. The van der Waals surface area contributed by atoms with Crippen molar-refractivity contribution >= 4 is 17.4 Å². The summed E-state index contributed by atoms with van der Waals surface area (Å²) in [5.74, 6) is 0.973. The van der Waals surface area contributed by atoms with E-state index < -0.39 is 0 Å². The van der Waals surface area contributed by atoms with Crippen molar-refractivity contribution in [2.24, 2.45) is 0 Å². The molecular formula is C12H13ClN4. The highest BCUT2D eigenvalue weighted by atomic mass is 35.5. The first-order valence-electron chi connectivity index (χ1n) is 5.63. The topological polar surface area (TPSA) is 44.8 Å². The predicted octanol–water partition coefficient (Wildman–Crippen LogP) is 2.33. The molecule has 3 rings (SSSR count). The number of rotatable bonds is 1. The van der Waals surface area contributed by atoms with Gasteiger partial charge in [-0.25, -0.2) is 4.98 Å². The van der Waals surface area contributed by atoms with Crippen molar-refractivity contribution in [2.75, 3.05) is 11.4 Å². The minimum Gasteiger partial charge on any atom is -0.352 e. The first-order chi connectivity index (χ1) is 8.24. The Morgan fingerprint density at radius 3 is 3.06 bits per heavy atom. The Morgan fingerprint density at radius 1 is 1.41 bits per heavy atom. The van der Waals surface area contributed by atoms with Crippen molar-refractivity contribution in [3.05, 3.63) is 40.3 Å². The molecule has 1 aliphatic heterocycles. The van der Waals surface area contributed by atoms with E-state index in [0.29, 0.717) is 5.02 Å². The van der Waals surface area contributed by atoms with Crippen molar-refractivity contribution in [1.82, 2.24) is 15.2 Å². The highest BCUT2D eigenvalue weighted by molar-refractivity contribution is 6.30. The van der Waals surface area contributed by atoms with Crippen LogP contribution >= 0.6 is 11.6 Å². The molecule has 2 aromatic heterocycles. The maximum absolute atomic E-state index is 5.84. The average Bonchev–Trinajstić information content (AvgIpc) is 2.72. The van der Waals surface area contributed by atoms with E-state index in [9.17, 15) is 0 Å². The second-order valence-electron chi connectivity index (χ2n) is 4.28. The molecule has 0 radical (unpaired) electrons. The third kappa shape index (κ3) is 1.89. The molecule has 0 amide bonds. The molecule has 0 saturated carbocycles. The van der Waals surface area contributed by atoms with Gasteiger partial charge in [-0.2, -0.15) is 5.10 Å². The molecule has 0 bridgehead atoms. The monoisotopic (exact) mass is 248 g/mol. The average molecular weight is 249 g/mol. The Bertz CT molecular complexity index is 532. The summed E-state index contributed by atoms with van der Waals surface area (Å²) in [6, 6.07) is 3.84. The van der Waals surface area contributed by atoms with Gasteiger partial charge in [0.1, 0.15) is 5.82 Å². The Balaban J connectivity index is 1.88. The number of nitrogens with zero attached hydrogens (tertiary/aromatic N) is 3. The molecule has 0 spiro atoms. The number of fused-ring (bicyclic) bond motifs is 1. The number of nitrogens with one attached hydrogen (secondary N) is 1. The second kappa shape index (κ2) is 4.04. The molecule has 5 heteroatoms. The van der Waals surface area contributed by atoms with Crippen molar-refractivity contribution in [3.63, 3.8) is 0 Å². The van der Waals surface area contributed by atoms with Gasteiger partial charge in [-0.15, -0.1) is 0 Å². The lowest BCUT2D eigenvalue weighted by molar-refractivity contribution is 0.709. The molecular weight excluding hydrogens is 236 g/mol. The summed E-state index contributed by atoms with van der Waals surface area (Å²) in [4.78, 5) is 6.60. The number of halogens is 1. The zero-order valence-corrected chi connectivity index (χ0v) is 10.3. The van der Waals surface area contributed by atoms with Gasteiger partial charge in [0.2, 0.25) is 0 Å². The van der Waals surface area contributed by atoms with Crippen LogP contribution in [-0.2, 0) is 13.0 Å². The van der Waals surface area contributed by atoms with Crippen LogP contribution in [-0.4, -0.2) is 21.7 Å². The summed E-state index contributed by atoms with van der Waals surface area (Å²) in [5, 5.41) is 8.02. The highest BCUT2D eigenvalue weighted by Crippen LogP contribution is 2.24. The van der Waals surface area contributed by atoms with Crippen LogP contribution in [0, 0.1) is 6.92 Å². The number of anilines is 1. The zero-order valence-electron chi connectivity index (χ0n) is 9.57. The van der Waals surface area contributed by atoms with E-state index in [1.54, 1.807) is 6.20 Å². The molecule has 17 heavy (non-hydrogen) atoms. The predicted molar refractivity (Wildman–Crippen MR) is 67.3 cm³/mol. The summed E-state index contributed by atoms with van der Waals surface area (Å²) in [6.45, 7) is 3.88. The van der Waals surface area contributed by atoms with Gasteiger partial charge in [0.25, 0.3) is 0 Å². The van der Waals surface area contributed by atoms with Crippen LogP contribution in [0.5, 0.6) is 0 Å². The van der Waals surface area contributed by atoms with E-state index in [2.05, 4.69) is 27.0 Å². The van der Waals surface area contributed by atoms with E-state index in [0.717, 1.165) is 31.0 Å². The van der Waals surface area contributed by atoms with E-state index >= 15 is 0 Å². The summed E-state index contributed by atoms with van der Waals surface area (Å²) in [6.07, 6.45) is 2.65. The van der Waals surface area contributed by atoms with Crippen LogP contribution < -0.4 is 4.90 Å². The van der Waals surface area contributed by atoms with E-state index in [-0.39, 0.29) is 0 Å². The second-order valence-corrected chi connectivity index (χ2v) is 4.72. The number of aromatic amines is 1. The summed E-state index contributed by atoms with van der Waals surface area (Å²) in [7, 11) is 0. The molecule has 1 N–H and O–H groups in total. The third-order valence-electron chi connectivity index (χ3n) is 3.16. The maximum Gasteiger partial charge on any atom is 0.128 e. The Labute approximate surface area is 105 Å². The van der Waals surface area contributed by atoms with E-state index in [1.165, 1.54) is 11.3 Å². The molecule has 3 heterocycles. The van der Waals surface area contributed by atoms with Crippen molar-refractivity contribution in [1.29, 1.82) is 0 Å². The van der Waals surface area contributed by atoms with Gasteiger partial charge < -0.3 is 4.90 Å². The fourth-order valence-corrected chi connectivity index (χ4v) is 2.29. The molecule has 0 atom stereocenters. The standard InChI is InChI=1S/C12H13ClN4/c1-8-10-7-17(5-4-11(10)16-15-8)12-3-2-9(13)6-14-12/h2-3,6H,4-5,7H2,1H3,(H,15,16). The largest absolute Gasteiger partial charge is 0.352 e. The van der Waals surface area contributed by atoms with Crippen molar-refractivity contribution in [2.45, 2.75) is 19.9 Å². The van der Waals surface area contributed by atoms with Gasteiger partial charge in [0.15, 0.2) is 0 Å². The van der Waals surface area contributed by atoms with Gasteiger partial charge in [-0.05, 0) is 19.1 Å². The molecule has 0 saturated heterocycles. The minimum atomic E-state index is 0.672. The first kappa shape index (κ1) is 10.6. The highest BCUT2D eigenvalue weighted by Gasteiger charge is 2.21. The number of hydrogen-bond donors (Lipinski definition) is 1. The summed E-state index contributed by atoms with van der Waals surface area (Å²) in [5.41, 5.74) is 3.64. The van der Waals surface area contributed by atoms with Crippen LogP contribution in [0.15, 0.2) is 18.3 Å².